The molecular weight excluding hydrogens is 211 g/mol. The smallest absolute Gasteiger partial charge is 0.186 e. The Labute approximate surface area is 97.3 Å². The van der Waals surface area contributed by atoms with Gasteiger partial charge in [-0.3, -0.25) is 0 Å². The van der Waals surface area contributed by atoms with Crippen LogP contribution in [0.25, 0.3) is 0 Å². The molecule has 16 heavy (non-hydrogen) atoms. The van der Waals surface area contributed by atoms with E-state index in [1.165, 1.54) is 0 Å². The fourth-order valence-corrected chi connectivity index (χ4v) is 1.75. The highest BCUT2D eigenvalue weighted by atomic mass is 19.1. The van der Waals surface area contributed by atoms with E-state index in [-0.39, 0.29) is 18.1 Å². The van der Waals surface area contributed by atoms with Gasteiger partial charge in [-0.1, -0.05) is 6.92 Å². The molecule has 0 aliphatic carbocycles. The highest BCUT2D eigenvalue weighted by molar-refractivity contribution is 4.83. The minimum absolute atomic E-state index is 0.00358. The zero-order valence-electron chi connectivity index (χ0n) is 10.8. The fourth-order valence-electron chi connectivity index (χ4n) is 1.75. The normalized spacial score (nSPS) is 36.0. The molecule has 4 heteroatoms. The molecule has 0 bridgehead atoms. The maximum atomic E-state index is 14.0. The predicted molar refractivity (Wildman–Crippen MR) is 60.0 cm³/mol. The monoisotopic (exact) mass is 234 g/mol. The average molecular weight is 234 g/mol. The van der Waals surface area contributed by atoms with E-state index in [0.29, 0.717) is 6.61 Å². The molecule has 0 saturated carbocycles. The van der Waals surface area contributed by atoms with Crippen molar-refractivity contribution in [1.82, 2.24) is 0 Å². The van der Waals surface area contributed by atoms with Crippen LogP contribution in [0.15, 0.2) is 0 Å². The third-order valence-electron chi connectivity index (χ3n) is 2.48. The molecule has 1 saturated heterocycles. The van der Waals surface area contributed by atoms with Crippen LogP contribution in [0.5, 0.6) is 0 Å². The lowest BCUT2D eigenvalue weighted by atomic mass is 9.98. The quantitative estimate of drug-likeness (QED) is 0.748. The summed E-state index contributed by atoms with van der Waals surface area (Å²) in [4.78, 5) is 0. The summed E-state index contributed by atoms with van der Waals surface area (Å²) in [6.07, 6.45) is -2.26. The topological polar surface area (TPSA) is 27.7 Å². The van der Waals surface area contributed by atoms with Gasteiger partial charge in [-0.25, -0.2) is 4.39 Å². The first kappa shape index (κ1) is 13.9. The van der Waals surface area contributed by atoms with E-state index >= 15 is 0 Å². The van der Waals surface area contributed by atoms with Crippen molar-refractivity contribution in [3.63, 3.8) is 0 Å². The molecule has 3 nitrogen and oxygen atoms in total. The molecule has 0 aromatic rings. The Balaban J connectivity index is 2.65. The van der Waals surface area contributed by atoms with Crippen molar-refractivity contribution in [2.75, 3.05) is 6.61 Å². The molecular formula is C12H23FO3. The van der Waals surface area contributed by atoms with Gasteiger partial charge in [0.2, 0.25) is 0 Å². The van der Waals surface area contributed by atoms with Crippen molar-refractivity contribution in [3.8, 4) is 0 Å². The molecule has 4 atom stereocenters. The fraction of sp³-hybridized carbons (Fsp3) is 1.00. The summed E-state index contributed by atoms with van der Waals surface area (Å²) in [5, 5.41) is 0. The van der Waals surface area contributed by atoms with Gasteiger partial charge in [0.15, 0.2) is 6.29 Å². The minimum atomic E-state index is -1.03. The number of rotatable bonds is 4. The first-order valence-electron chi connectivity index (χ1n) is 5.98. The van der Waals surface area contributed by atoms with E-state index in [2.05, 4.69) is 0 Å². The molecule has 1 heterocycles. The van der Waals surface area contributed by atoms with Crippen molar-refractivity contribution in [1.29, 1.82) is 0 Å². The van der Waals surface area contributed by atoms with Crippen LogP contribution in [-0.4, -0.2) is 37.4 Å². The van der Waals surface area contributed by atoms with Gasteiger partial charge in [-0.05, 0) is 27.7 Å². The number of alkyl halides is 1. The highest BCUT2D eigenvalue weighted by Crippen LogP contribution is 2.27. The Kier molecular flexibility index (Phi) is 5.15. The van der Waals surface area contributed by atoms with Gasteiger partial charge in [0.05, 0.1) is 18.8 Å². The third kappa shape index (κ3) is 3.68. The largest absolute Gasteiger partial charge is 0.367 e. The highest BCUT2D eigenvalue weighted by Gasteiger charge is 2.41. The Morgan fingerprint density at radius 2 is 1.69 bits per heavy atom. The van der Waals surface area contributed by atoms with Crippen molar-refractivity contribution < 1.29 is 18.6 Å². The van der Waals surface area contributed by atoms with Gasteiger partial charge in [-0.2, -0.15) is 0 Å². The van der Waals surface area contributed by atoms with Crippen molar-refractivity contribution in [2.45, 2.75) is 65.4 Å². The van der Waals surface area contributed by atoms with Gasteiger partial charge >= 0.3 is 0 Å². The predicted octanol–water partition coefficient (Wildman–Crippen LogP) is 2.54. The molecule has 0 radical (unpaired) electrons. The van der Waals surface area contributed by atoms with Crippen LogP contribution in [0.2, 0.25) is 0 Å². The Hall–Kier alpha value is -0.190. The SMILES string of the molecule is CC(C)O[C@H]1OC[C@@H](C)[C@H](F)[C@@H]1OC(C)C. The summed E-state index contributed by atoms with van der Waals surface area (Å²) in [6.45, 7) is 9.79. The maximum Gasteiger partial charge on any atom is 0.186 e. The minimum Gasteiger partial charge on any atom is -0.367 e. The van der Waals surface area contributed by atoms with Crippen LogP contribution >= 0.6 is 0 Å². The Morgan fingerprint density at radius 3 is 2.19 bits per heavy atom. The van der Waals surface area contributed by atoms with E-state index in [0.717, 1.165) is 0 Å². The molecule has 96 valence electrons. The zero-order valence-corrected chi connectivity index (χ0v) is 10.8. The molecule has 0 spiro atoms. The zero-order chi connectivity index (χ0) is 12.3. The van der Waals surface area contributed by atoms with E-state index in [9.17, 15) is 4.39 Å². The summed E-state index contributed by atoms with van der Waals surface area (Å²) in [7, 11) is 0. The Bertz CT molecular complexity index is 208. The maximum absolute atomic E-state index is 14.0. The summed E-state index contributed by atoms with van der Waals surface area (Å²) < 4.78 is 30.6. The van der Waals surface area contributed by atoms with Gasteiger partial charge in [0.25, 0.3) is 0 Å². The van der Waals surface area contributed by atoms with Crippen LogP contribution in [0.3, 0.4) is 0 Å². The first-order valence-corrected chi connectivity index (χ1v) is 5.98. The second-order valence-corrected chi connectivity index (χ2v) is 4.96. The lowest BCUT2D eigenvalue weighted by Crippen LogP contribution is -2.51. The number of ether oxygens (including phenoxy) is 3. The van der Waals surface area contributed by atoms with Gasteiger partial charge in [0.1, 0.15) is 12.3 Å². The molecule has 0 aromatic carbocycles. The summed E-state index contributed by atoms with van der Waals surface area (Å²) in [5.41, 5.74) is 0. The standard InChI is InChI=1S/C12H23FO3/c1-7(2)15-11-10(13)9(5)6-14-12(11)16-8(3)4/h7-12H,6H2,1-5H3/t9-,10+,11+,12-/m1/s1. The average Bonchev–Trinajstić information content (AvgIpc) is 2.16. The summed E-state index contributed by atoms with van der Waals surface area (Å²) in [6, 6.07) is 0. The van der Waals surface area contributed by atoms with Crippen LogP contribution in [0, 0.1) is 5.92 Å². The first-order chi connectivity index (χ1) is 7.41. The van der Waals surface area contributed by atoms with E-state index < -0.39 is 18.6 Å². The van der Waals surface area contributed by atoms with Crippen LogP contribution in [0.1, 0.15) is 34.6 Å². The van der Waals surface area contributed by atoms with Gasteiger partial charge in [0, 0.05) is 5.92 Å². The second-order valence-electron chi connectivity index (χ2n) is 4.96. The van der Waals surface area contributed by atoms with E-state index in [1.807, 2.05) is 34.6 Å². The summed E-state index contributed by atoms with van der Waals surface area (Å²) in [5.74, 6) is -0.143. The van der Waals surface area contributed by atoms with E-state index in [1.54, 1.807) is 0 Å². The van der Waals surface area contributed by atoms with Crippen LogP contribution in [0.4, 0.5) is 4.39 Å². The van der Waals surface area contributed by atoms with Gasteiger partial charge in [-0.15, -0.1) is 0 Å². The number of hydrogen-bond acceptors (Lipinski definition) is 3. The molecule has 0 aromatic heterocycles. The van der Waals surface area contributed by atoms with Crippen molar-refractivity contribution in [3.05, 3.63) is 0 Å². The lowest BCUT2D eigenvalue weighted by molar-refractivity contribution is -0.275. The summed E-state index contributed by atoms with van der Waals surface area (Å²) >= 11 is 0. The molecule has 0 unspecified atom stereocenters. The third-order valence-corrected chi connectivity index (χ3v) is 2.48. The molecule has 0 amide bonds. The number of halogens is 1. The van der Waals surface area contributed by atoms with Crippen LogP contribution in [-0.2, 0) is 14.2 Å². The second kappa shape index (κ2) is 5.94. The molecule has 0 N–H and O–H groups in total. The van der Waals surface area contributed by atoms with E-state index in [4.69, 9.17) is 14.2 Å². The molecule has 1 rings (SSSR count). The molecule has 1 fully saturated rings. The molecule has 1 aliphatic rings. The van der Waals surface area contributed by atoms with Gasteiger partial charge < -0.3 is 14.2 Å². The van der Waals surface area contributed by atoms with Crippen LogP contribution < -0.4 is 0 Å². The van der Waals surface area contributed by atoms with Crippen molar-refractivity contribution >= 4 is 0 Å². The van der Waals surface area contributed by atoms with Crippen molar-refractivity contribution in [2.24, 2.45) is 5.92 Å². The lowest BCUT2D eigenvalue weighted by Gasteiger charge is -2.38. The Morgan fingerprint density at radius 1 is 1.12 bits per heavy atom. The molecule has 1 aliphatic heterocycles. The number of hydrogen-bond donors (Lipinski definition) is 0.